The largest absolute Gasteiger partial charge is 0.373 e. The van der Waals surface area contributed by atoms with Gasteiger partial charge >= 0.3 is 0 Å². The Labute approximate surface area is 119 Å². The van der Waals surface area contributed by atoms with Crippen molar-refractivity contribution >= 4 is 16.5 Å². The topological polar surface area (TPSA) is 28.6 Å². The van der Waals surface area contributed by atoms with Crippen LogP contribution in [0.1, 0.15) is 17.0 Å². The van der Waals surface area contributed by atoms with Crippen molar-refractivity contribution in [2.75, 3.05) is 38.7 Å². The number of nitrogens with zero attached hydrogens (tertiary/aromatic N) is 3. The number of hydrogen-bond acceptors (Lipinski definition) is 5. The summed E-state index contributed by atoms with van der Waals surface area (Å²) in [6.45, 7) is 9.56. The van der Waals surface area contributed by atoms with Crippen LogP contribution in [-0.2, 0) is 11.3 Å². The highest BCUT2D eigenvalue weighted by molar-refractivity contribution is 7.15. The van der Waals surface area contributed by atoms with E-state index in [1.54, 1.807) is 11.3 Å². The molecule has 1 aliphatic heterocycles. The zero-order chi connectivity index (χ0) is 13.8. The van der Waals surface area contributed by atoms with Gasteiger partial charge in [-0.25, -0.2) is 4.98 Å². The van der Waals surface area contributed by atoms with Crippen LogP contribution >= 0.6 is 11.3 Å². The summed E-state index contributed by atoms with van der Waals surface area (Å²) in [4.78, 5) is 10.5. The summed E-state index contributed by atoms with van der Waals surface area (Å²) in [6, 6.07) is 0. The van der Waals surface area contributed by atoms with E-state index in [9.17, 15) is 0 Å². The first-order valence-corrected chi connectivity index (χ1v) is 7.50. The van der Waals surface area contributed by atoms with Crippen molar-refractivity contribution in [3.8, 4) is 0 Å². The molecule has 0 bridgehead atoms. The molecule has 0 spiro atoms. The highest BCUT2D eigenvalue weighted by atomic mass is 32.1. The van der Waals surface area contributed by atoms with Crippen molar-refractivity contribution in [1.82, 2.24) is 9.88 Å². The van der Waals surface area contributed by atoms with E-state index in [1.807, 2.05) is 20.2 Å². The van der Waals surface area contributed by atoms with E-state index in [2.05, 4.69) is 28.3 Å². The number of anilines is 1. The van der Waals surface area contributed by atoms with Gasteiger partial charge in [0.15, 0.2) is 5.13 Å². The molecule has 4 nitrogen and oxygen atoms in total. The smallest absolute Gasteiger partial charge is 0.185 e. The Balaban J connectivity index is 1.90. The second kappa shape index (κ2) is 6.50. The molecule has 0 N–H and O–H groups in total. The van der Waals surface area contributed by atoms with Gasteiger partial charge in [-0.1, -0.05) is 6.08 Å². The number of likely N-dealkylation sites (tertiary alicyclic amines) is 1. The molecule has 19 heavy (non-hydrogen) atoms. The molecular weight excluding hydrogens is 258 g/mol. The third-order valence-electron chi connectivity index (χ3n) is 3.31. The molecule has 1 aromatic heterocycles. The van der Waals surface area contributed by atoms with Gasteiger partial charge in [-0.05, 0) is 13.3 Å². The van der Waals surface area contributed by atoms with Gasteiger partial charge in [0.25, 0.3) is 0 Å². The van der Waals surface area contributed by atoms with Crippen LogP contribution in [0.3, 0.4) is 0 Å². The van der Waals surface area contributed by atoms with E-state index >= 15 is 0 Å². The summed E-state index contributed by atoms with van der Waals surface area (Å²) in [6.07, 6.45) is 3.30. The molecule has 0 radical (unpaired) electrons. The van der Waals surface area contributed by atoms with Gasteiger partial charge in [-0.2, -0.15) is 0 Å². The molecule has 1 aliphatic rings. The summed E-state index contributed by atoms with van der Waals surface area (Å²) in [7, 11) is 4.08. The Morgan fingerprint density at radius 2 is 2.37 bits per heavy atom. The molecule has 1 fully saturated rings. The number of rotatable bonds is 6. The van der Waals surface area contributed by atoms with Crippen LogP contribution in [-0.4, -0.2) is 49.8 Å². The van der Waals surface area contributed by atoms with E-state index in [1.165, 1.54) is 4.88 Å². The average Bonchev–Trinajstić information content (AvgIpc) is 2.95. The maximum Gasteiger partial charge on any atom is 0.185 e. The van der Waals surface area contributed by atoms with Crippen molar-refractivity contribution in [3.63, 3.8) is 0 Å². The quantitative estimate of drug-likeness (QED) is 0.748. The van der Waals surface area contributed by atoms with E-state index in [4.69, 9.17) is 4.74 Å². The maximum absolute atomic E-state index is 5.71. The molecule has 1 aromatic rings. The predicted molar refractivity (Wildman–Crippen MR) is 81.0 cm³/mol. The molecule has 0 aliphatic carbocycles. The molecule has 0 saturated carbocycles. The molecule has 0 amide bonds. The van der Waals surface area contributed by atoms with Gasteiger partial charge in [0.1, 0.15) is 0 Å². The van der Waals surface area contributed by atoms with Gasteiger partial charge in [-0.15, -0.1) is 17.9 Å². The van der Waals surface area contributed by atoms with Crippen LogP contribution in [0.4, 0.5) is 5.13 Å². The fraction of sp³-hybridized carbons (Fsp3) is 0.643. The Hall–Kier alpha value is -0.910. The lowest BCUT2D eigenvalue weighted by molar-refractivity contribution is 0.0796. The van der Waals surface area contributed by atoms with Crippen LogP contribution in [0.25, 0.3) is 0 Å². The standard InChI is InChI=1S/C14H23N3OS/c1-5-8-18-12-6-7-17(9-12)10-13-11(2)15-14(19-13)16(3)4/h5,12H,1,6-10H2,2-4H3. The molecule has 1 saturated heterocycles. The third kappa shape index (κ3) is 3.78. The summed E-state index contributed by atoms with van der Waals surface area (Å²) in [5.41, 5.74) is 1.16. The first-order valence-electron chi connectivity index (χ1n) is 6.68. The Bertz CT molecular complexity index is 430. The first-order chi connectivity index (χ1) is 9.10. The Morgan fingerprint density at radius 3 is 3.00 bits per heavy atom. The minimum absolute atomic E-state index is 0.361. The molecular formula is C14H23N3OS. The molecule has 0 aromatic carbocycles. The highest BCUT2D eigenvalue weighted by Gasteiger charge is 2.24. The summed E-state index contributed by atoms with van der Waals surface area (Å²) >= 11 is 1.79. The molecule has 1 atom stereocenters. The molecule has 5 heteroatoms. The van der Waals surface area contributed by atoms with Crippen LogP contribution < -0.4 is 4.90 Å². The average molecular weight is 281 g/mol. The Morgan fingerprint density at radius 1 is 1.58 bits per heavy atom. The van der Waals surface area contributed by atoms with Gasteiger partial charge in [0, 0.05) is 38.6 Å². The molecule has 106 valence electrons. The summed E-state index contributed by atoms with van der Waals surface area (Å²) in [5.74, 6) is 0. The molecule has 1 unspecified atom stereocenters. The summed E-state index contributed by atoms with van der Waals surface area (Å²) in [5, 5.41) is 1.09. The lowest BCUT2D eigenvalue weighted by atomic mass is 10.3. The van der Waals surface area contributed by atoms with Crippen molar-refractivity contribution in [2.24, 2.45) is 0 Å². The van der Waals surface area contributed by atoms with Crippen LogP contribution in [0.2, 0.25) is 0 Å². The van der Waals surface area contributed by atoms with E-state index < -0.39 is 0 Å². The number of thiazole rings is 1. The number of aromatic nitrogens is 1. The van der Waals surface area contributed by atoms with Crippen molar-refractivity contribution < 1.29 is 4.74 Å². The van der Waals surface area contributed by atoms with Crippen molar-refractivity contribution in [3.05, 3.63) is 23.2 Å². The van der Waals surface area contributed by atoms with Gasteiger partial charge in [-0.3, -0.25) is 4.90 Å². The predicted octanol–water partition coefficient (Wildman–Crippen LogP) is 2.29. The third-order valence-corrected chi connectivity index (χ3v) is 4.62. The van der Waals surface area contributed by atoms with E-state index in [0.29, 0.717) is 12.7 Å². The second-order valence-electron chi connectivity index (χ2n) is 5.17. The zero-order valence-corrected chi connectivity index (χ0v) is 12.9. The number of hydrogen-bond donors (Lipinski definition) is 0. The minimum atomic E-state index is 0.361. The lowest BCUT2D eigenvalue weighted by Gasteiger charge is -2.15. The fourth-order valence-corrected chi connectivity index (χ4v) is 3.26. The zero-order valence-electron chi connectivity index (χ0n) is 12.1. The fourth-order valence-electron chi connectivity index (χ4n) is 2.23. The number of ether oxygens (including phenoxy) is 1. The lowest BCUT2D eigenvalue weighted by Crippen LogP contribution is -2.23. The maximum atomic E-state index is 5.71. The minimum Gasteiger partial charge on any atom is -0.373 e. The monoisotopic (exact) mass is 281 g/mol. The highest BCUT2D eigenvalue weighted by Crippen LogP contribution is 2.27. The van der Waals surface area contributed by atoms with Crippen LogP contribution in [0, 0.1) is 6.92 Å². The van der Waals surface area contributed by atoms with Gasteiger partial charge in [0.2, 0.25) is 0 Å². The second-order valence-corrected chi connectivity index (χ2v) is 6.23. The normalized spacial score (nSPS) is 19.8. The van der Waals surface area contributed by atoms with E-state index in [-0.39, 0.29) is 0 Å². The molecule has 2 heterocycles. The number of aryl methyl sites for hydroxylation is 1. The van der Waals surface area contributed by atoms with Crippen LogP contribution in [0.5, 0.6) is 0 Å². The van der Waals surface area contributed by atoms with Crippen molar-refractivity contribution in [1.29, 1.82) is 0 Å². The van der Waals surface area contributed by atoms with Gasteiger partial charge < -0.3 is 9.64 Å². The first kappa shape index (κ1) is 14.5. The Kier molecular flexibility index (Phi) is 4.96. The SMILES string of the molecule is C=CCOC1CCN(Cc2sc(N(C)C)nc2C)C1. The van der Waals surface area contributed by atoms with Crippen molar-refractivity contribution in [2.45, 2.75) is 26.0 Å². The molecule has 2 rings (SSSR count). The van der Waals surface area contributed by atoms with E-state index in [0.717, 1.165) is 36.9 Å². The van der Waals surface area contributed by atoms with Gasteiger partial charge in [0.05, 0.1) is 18.4 Å². The van der Waals surface area contributed by atoms with Crippen LogP contribution in [0.15, 0.2) is 12.7 Å². The summed E-state index contributed by atoms with van der Waals surface area (Å²) < 4.78 is 5.71.